The Hall–Kier alpha value is -3.52. The minimum atomic E-state index is -0.490. The molecule has 0 aliphatic carbocycles. The molecule has 182 valence electrons. The molecule has 0 fully saturated rings. The third-order valence-electron chi connectivity index (χ3n) is 5.75. The van der Waals surface area contributed by atoms with E-state index in [1.807, 2.05) is 37.3 Å². The molecular weight excluding hydrogens is 521 g/mol. The molecule has 3 aromatic carbocycles. The molecule has 1 aliphatic heterocycles. The van der Waals surface area contributed by atoms with Crippen LogP contribution < -0.4 is 15.4 Å². The fourth-order valence-corrected chi connectivity index (χ4v) is 4.56. The van der Waals surface area contributed by atoms with Crippen molar-refractivity contribution in [2.75, 3.05) is 10.6 Å². The zero-order chi connectivity index (χ0) is 25.2. The zero-order valence-electron chi connectivity index (χ0n) is 19.0. The van der Waals surface area contributed by atoms with E-state index in [1.54, 1.807) is 41.1 Å². The molecular formula is C26H20Cl3N5O2. The fraction of sp³-hybridized carbons (Fsp3) is 0.115. The average Bonchev–Trinajstić information content (AvgIpc) is 3.32. The number of nitrogens with zero attached hydrogens (tertiary/aromatic N) is 3. The maximum atomic E-state index is 13.4. The molecule has 1 amide bonds. The first-order chi connectivity index (χ1) is 17.4. The molecule has 1 aromatic heterocycles. The van der Waals surface area contributed by atoms with Crippen molar-refractivity contribution in [1.82, 2.24) is 14.8 Å². The van der Waals surface area contributed by atoms with Gasteiger partial charge in [0, 0.05) is 32.0 Å². The molecule has 36 heavy (non-hydrogen) atoms. The van der Waals surface area contributed by atoms with Crippen LogP contribution in [0.3, 0.4) is 0 Å². The van der Waals surface area contributed by atoms with Crippen LogP contribution in [0.4, 0.5) is 11.6 Å². The van der Waals surface area contributed by atoms with E-state index in [4.69, 9.17) is 39.5 Å². The van der Waals surface area contributed by atoms with Gasteiger partial charge in [0.05, 0.1) is 5.57 Å². The topological polar surface area (TPSA) is 81.1 Å². The number of nitrogens with one attached hydrogen (secondary N) is 2. The average molecular weight is 541 g/mol. The number of amides is 1. The van der Waals surface area contributed by atoms with Crippen LogP contribution in [0.2, 0.25) is 15.1 Å². The molecule has 10 heteroatoms. The molecule has 0 saturated heterocycles. The predicted octanol–water partition coefficient (Wildman–Crippen LogP) is 6.74. The van der Waals surface area contributed by atoms with Crippen LogP contribution in [-0.2, 0) is 11.4 Å². The first-order valence-corrected chi connectivity index (χ1v) is 12.1. The van der Waals surface area contributed by atoms with Crippen LogP contribution in [0.25, 0.3) is 0 Å². The van der Waals surface area contributed by atoms with Crippen molar-refractivity contribution in [2.45, 2.75) is 19.6 Å². The van der Waals surface area contributed by atoms with Gasteiger partial charge >= 0.3 is 0 Å². The van der Waals surface area contributed by atoms with Gasteiger partial charge in [0.1, 0.15) is 24.7 Å². The smallest absolute Gasteiger partial charge is 0.255 e. The van der Waals surface area contributed by atoms with Crippen molar-refractivity contribution in [3.05, 3.63) is 111 Å². The number of allylic oxidation sites excluding steroid dienone is 1. The van der Waals surface area contributed by atoms with Crippen molar-refractivity contribution in [1.29, 1.82) is 0 Å². The Morgan fingerprint density at radius 3 is 2.47 bits per heavy atom. The fourth-order valence-electron chi connectivity index (χ4n) is 3.97. The molecule has 0 bridgehead atoms. The number of carbonyl (C=O) groups excluding carboxylic acids is 1. The number of anilines is 2. The van der Waals surface area contributed by atoms with E-state index in [1.165, 1.54) is 6.33 Å². The van der Waals surface area contributed by atoms with Crippen molar-refractivity contribution in [2.24, 2.45) is 0 Å². The molecule has 7 nitrogen and oxygen atoms in total. The Balaban J connectivity index is 1.40. The molecule has 0 spiro atoms. The van der Waals surface area contributed by atoms with Gasteiger partial charge in [-0.25, -0.2) is 4.68 Å². The molecule has 4 aromatic rings. The number of ether oxygens (including phenoxy) is 1. The van der Waals surface area contributed by atoms with Crippen LogP contribution in [-0.4, -0.2) is 20.7 Å². The van der Waals surface area contributed by atoms with E-state index in [2.05, 4.69) is 20.7 Å². The second-order valence-corrected chi connectivity index (χ2v) is 9.43. The predicted molar refractivity (Wildman–Crippen MR) is 142 cm³/mol. The maximum Gasteiger partial charge on any atom is 0.255 e. The lowest BCUT2D eigenvalue weighted by Crippen LogP contribution is -2.31. The van der Waals surface area contributed by atoms with Gasteiger partial charge in [0.15, 0.2) is 0 Å². The van der Waals surface area contributed by atoms with Gasteiger partial charge in [-0.05, 0) is 61.0 Å². The number of aromatic nitrogens is 3. The van der Waals surface area contributed by atoms with Crippen molar-refractivity contribution < 1.29 is 9.53 Å². The molecule has 0 saturated carbocycles. The molecule has 2 N–H and O–H groups in total. The monoisotopic (exact) mass is 539 g/mol. The van der Waals surface area contributed by atoms with Gasteiger partial charge in [0.25, 0.3) is 5.91 Å². The molecule has 2 heterocycles. The summed E-state index contributed by atoms with van der Waals surface area (Å²) in [6.07, 6.45) is 1.45. The highest BCUT2D eigenvalue weighted by atomic mass is 35.5. The standard InChI is InChI=1S/C26H20Cl3N5O2/c1-15-23(25(35)33-20-8-6-18(27)7-9-20)24(34-26(32-15)30-14-31-34)16-3-10-21(11-4-16)36-13-17-2-5-19(28)12-22(17)29/h2-12,14,24H,13H2,1H3,(H,33,35)(H,30,31,32). The van der Waals surface area contributed by atoms with Crippen LogP contribution in [0.1, 0.15) is 24.1 Å². The van der Waals surface area contributed by atoms with E-state index < -0.39 is 6.04 Å². The summed E-state index contributed by atoms with van der Waals surface area (Å²) in [7, 11) is 0. The molecule has 1 unspecified atom stereocenters. The van der Waals surface area contributed by atoms with Gasteiger partial charge < -0.3 is 15.4 Å². The first kappa shape index (κ1) is 24.2. The van der Waals surface area contributed by atoms with E-state index in [-0.39, 0.29) is 5.91 Å². The number of hydrogen-bond donors (Lipinski definition) is 2. The number of halogens is 3. The quantitative estimate of drug-likeness (QED) is 0.283. The Bertz CT molecular complexity index is 1450. The van der Waals surface area contributed by atoms with E-state index in [0.717, 1.165) is 11.1 Å². The highest BCUT2D eigenvalue weighted by Gasteiger charge is 2.33. The highest BCUT2D eigenvalue weighted by Crippen LogP contribution is 2.36. The SMILES string of the molecule is CC1=C(C(=O)Nc2ccc(Cl)cc2)C(c2ccc(OCc3ccc(Cl)cc3Cl)cc2)n2ncnc2N1. The number of benzene rings is 3. The van der Waals surface area contributed by atoms with Gasteiger partial charge in [-0.1, -0.05) is 53.0 Å². The second kappa shape index (κ2) is 10.2. The first-order valence-electron chi connectivity index (χ1n) is 11.0. The second-order valence-electron chi connectivity index (χ2n) is 8.15. The molecule has 5 rings (SSSR count). The highest BCUT2D eigenvalue weighted by molar-refractivity contribution is 6.35. The van der Waals surface area contributed by atoms with E-state index in [0.29, 0.717) is 50.3 Å². The lowest BCUT2D eigenvalue weighted by atomic mass is 9.95. The third kappa shape index (κ3) is 5.04. The van der Waals surface area contributed by atoms with Crippen LogP contribution in [0.15, 0.2) is 84.3 Å². The maximum absolute atomic E-state index is 13.4. The van der Waals surface area contributed by atoms with E-state index >= 15 is 0 Å². The number of carbonyl (C=O) groups is 1. The van der Waals surface area contributed by atoms with Crippen LogP contribution in [0, 0.1) is 0 Å². The number of rotatable bonds is 6. The van der Waals surface area contributed by atoms with E-state index in [9.17, 15) is 4.79 Å². The normalized spacial score (nSPS) is 14.7. The van der Waals surface area contributed by atoms with Crippen molar-refractivity contribution in [3.63, 3.8) is 0 Å². The Kier molecular flexibility index (Phi) is 6.87. The van der Waals surface area contributed by atoms with Crippen LogP contribution >= 0.6 is 34.8 Å². The Morgan fingerprint density at radius 2 is 1.75 bits per heavy atom. The summed E-state index contributed by atoms with van der Waals surface area (Å²) >= 11 is 18.2. The molecule has 0 radical (unpaired) electrons. The summed E-state index contributed by atoms with van der Waals surface area (Å²) in [6, 6.07) is 19.3. The lowest BCUT2D eigenvalue weighted by Gasteiger charge is -2.28. The summed E-state index contributed by atoms with van der Waals surface area (Å²) in [6.45, 7) is 2.14. The number of hydrogen-bond acceptors (Lipinski definition) is 5. The summed E-state index contributed by atoms with van der Waals surface area (Å²) < 4.78 is 7.60. The Morgan fingerprint density at radius 1 is 1.03 bits per heavy atom. The number of fused-ring (bicyclic) bond motifs is 1. The summed E-state index contributed by atoms with van der Waals surface area (Å²) in [5.41, 5.74) is 3.52. The summed E-state index contributed by atoms with van der Waals surface area (Å²) in [5, 5.41) is 12.2. The van der Waals surface area contributed by atoms with Gasteiger partial charge in [-0.3, -0.25) is 4.79 Å². The third-order valence-corrected chi connectivity index (χ3v) is 6.59. The van der Waals surface area contributed by atoms with Crippen molar-refractivity contribution >= 4 is 52.3 Å². The van der Waals surface area contributed by atoms with Crippen LogP contribution in [0.5, 0.6) is 5.75 Å². The van der Waals surface area contributed by atoms with Gasteiger partial charge in [0.2, 0.25) is 5.95 Å². The zero-order valence-corrected chi connectivity index (χ0v) is 21.3. The molecule has 1 atom stereocenters. The van der Waals surface area contributed by atoms with Gasteiger partial charge in [-0.2, -0.15) is 10.1 Å². The summed E-state index contributed by atoms with van der Waals surface area (Å²) in [5.74, 6) is 0.954. The Labute approximate surface area is 222 Å². The lowest BCUT2D eigenvalue weighted by molar-refractivity contribution is -0.113. The summed E-state index contributed by atoms with van der Waals surface area (Å²) in [4.78, 5) is 17.7. The van der Waals surface area contributed by atoms with Crippen molar-refractivity contribution in [3.8, 4) is 5.75 Å². The minimum Gasteiger partial charge on any atom is -0.489 e. The largest absolute Gasteiger partial charge is 0.489 e. The van der Waals surface area contributed by atoms with Gasteiger partial charge in [-0.15, -0.1) is 0 Å². The minimum absolute atomic E-state index is 0.258. The molecule has 1 aliphatic rings.